The van der Waals surface area contributed by atoms with Gasteiger partial charge in [-0.1, -0.05) is 0 Å². The van der Waals surface area contributed by atoms with Gasteiger partial charge in [0.2, 0.25) is 0 Å². The molecule has 0 aliphatic carbocycles. The van der Waals surface area contributed by atoms with E-state index in [2.05, 4.69) is 44.1 Å². The predicted molar refractivity (Wildman–Crippen MR) is 85.2 cm³/mol. The minimum absolute atomic E-state index is 0.107. The van der Waals surface area contributed by atoms with Gasteiger partial charge in [0.25, 0.3) is 0 Å². The standard InChI is InChI=1S/C17H30N2O2/c1-17(2,3)18-10-16-15(7-9-21-16)12-19(4)11-14-6-5-8-20-13-14/h7,9,14,18H,5-6,8,10-13H2,1-4H3. The molecular weight excluding hydrogens is 264 g/mol. The predicted octanol–water partition coefficient (Wildman–Crippen LogP) is 3.03. The van der Waals surface area contributed by atoms with Gasteiger partial charge in [0.15, 0.2) is 0 Å². The van der Waals surface area contributed by atoms with E-state index in [9.17, 15) is 0 Å². The van der Waals surface area contributed by atoms with Crippen LogP contribution < -0.4 is 5.32 Å². The molecule has 0 spiro atoms. The molecule has 0 bridgehead atoms. The number of nitrogens with zero attached hydrogens (tertiary/aromatic N) is 1. The molecule has 1 aromatic heterocycles. The van der Waals surface area contributed by atoms with Crippen LogP contribution in [0.15, 0.2) is 16.7 Å². The first-order valence-corrected chi connectivity index (χ1v) is 8.00. The van der Waals surface area contributed by atoms with E-state index in [0.717, 1.165) is 38.6 Å². The molecule has 0 amide bonds. The second-order valence-corrected chi connectivity index (χ2v) is 7.25. The molecule has 0 aromatic carbocycles. The molecule has 4 heteroatoms. The molecule has 1 aromatic rings. The summed E-state index contributed by atoms with van der Waals surface area (Å²) in [5, 5.41) is 3.49. The molecule has 2 heterocycles. The highest BCUT2D eigenvalue weighted by molar-refractivity contribution is 5.17. The van der Waals surface area contributed by atoms with Gasteiger partial charge < -0.3 is 19.4 Å². The fourth-order valence-corrected chi connectivity index (χ4v) is 2.76. The zero-order valence-electron chi connectivity index (χ0n) is 13.9. The van der Waals surface area contributed by atoms with E-state index in [1.807, 2.05) is 0 Å². The Bertz CT molecular complexity index is 417. The minimum atomic E-state index is 0.107. The zero-order valence-corrected chi connectivity index (χ0v) is 13.9. The highest BCUT2D eigenvalue weighted by atomic mass is 16.5. The van der Waals surface area contributed by atoms with Crippen LogP contribution in [0, 0.1) is 5.92 Å². The van der Waals surface area contributed by atoms with Gasteiger partial charge in [0, 0.05) is 30.8 Å². The molecule has 1 N–H and O–H groups in total. The van der Waals surface area contributed by atoms with Crippen LogP contribution >= 0.6 is 0 Å². The first kappa shape index (κ1) is 16.5. The van der Waals surface area contributed by atoms with Crippen molar-refractivity contribution >= 4 is 0 Å². The molecule has 1 aliphatic heterocycles. The van der Waals surface area contributed by atoms with Gasteiger partial charge in [0.1, 0.15) is 5.76 Å². The lowest BCUT2D eigenvalue weighted by Gasteiger charge is -2.27. The molecule has 120 valence electrons. The molecule has 4 nitrogen and oxygen atoms in total. The van der Waals surface area contributed by atoms with Gasteiger partial charge >= 0.3 is 0 Å². The van der Waals surface area contributed by atoms with Gasteiger partial charge in [0.05, 0.1) is 19.4 Å². The van der Waals surface area contributed by atoms with Crippen molar-refractivity contribution in [2.24, 2.45) is 5.92 Å². The molecule has 1 fully saturated rings. The van der Waals surface area contributed by atoms with Crippen LogP contribution in [0.2, 0.25) is 0 Å². The first-order chi connectivity index (χ1) is 9.94. The Hall–Kier alpha value is -0.840. The van der Waals surface area contributed by atoms with E-state index in [1.165, 1.54) is 18.4 Å². The van der Waals surface area contributed by atoms with Crippen molar-refractivity contribution in [3.8, 4) is 0 Å². The topological polar surface area (TPSA) is 37.6 Å². The average molecular weight is 294 g/mol. The van der Waals surface area contributed by atoms with E-state index < -0.39 is 0 Å². The van der Waals surface area contributed by atoms with Gasteiger partial charge in [-0.2, -0.15) is 0 Å². The van der Waals surface area contributed by atoms with Crippen LogP contribution in [-0.2, 0) is 17.8 Å². The van der Waals surface area contributed by atoms with E-state index >= 15 is 0 Å². The second-order valence-electron chi connectivity index (χ2n) is 7.25. The van der Waals surface area contributed by atoms with E-state index in [0.29, 0.717) is 5.92 Å². The van der Waals surface area contributed by atoms with Crippen LogP contribution in [0.1, 0.15) is 44.9 Å². The normalized spacial score (nSPS) is 20.1. The fraction of sp³-hybridized carbons (Fsp3) is 0.765. The molecule has 1 saturated heterocycles. The summed E-state index contributed by atoms with van der Waals surface area (Å²) in [7, 11) is 2.18. The molecule has 0 radical (unpaired) electrons. The third kappa shape index (κ3) is 5.81. The van der Waals surface area contributed by atoms with Crippen LogP contribution in [0.3, 0.4) is 0 Å². The van der Waals surface area contributed by atoms with Gasteiger partial charge in [-0.3, -0.25) is 0 Å². The molecule has 1 unspecified atom stereocenters. The lowest BCUT2D eigenvalue weighted by Crippen LogP contribution is -2.35. The zero-order chi connectivity index (χ0) is 15.3. The van der Waals surface area contributed by atoms with Crippen molar-refractivity contribution in [3.63, 3.8) is 0 Å². The number of rotatable bonds is 6. The van der Waals surface area contributed by atoms with Crippen molar-refractivity contribution < 1.29 is 9.15 Å². The minimum Gasteiger partial charge on any atom is -0.468 e. The Labute approximate surface area is 128 Å². The number of ether oxygens (including phenoxy) is 1. The van der Waals surface area contributed by atoms with Gasteiger partial charge in [-0.15, -0.1) is 0 Å². The maximum Gasteiger partial charge on any atom is 0.122 e. The first-order valence-electron chi connectivity index (χ1n) is 8.00. The van der Waals surface area contributed by atoms with Crippen molar-refractivity contribution in [1.82, 2.24) is 10.2 Å². The van der Waals surface area contributed by atoms with Gasteiger partial charge in [-0.25, -0.2) is 0 Å². The highest BCUT2D eigenvalue weighted by Crippen LogP contribution is 2.18. The Balaban J connectivity index is 1.83. The van der Waals surface area contributed by atoms with Crippen molar-refractivity contribution in [2.45, 2.75) is 52.2 Å². The number of hydrogen-bond donors (Lipinski definition) is 1. The lowest BCUT2D eigenvalue weighted by molar-refractivity contribution is 0.0411. The number of furan rings is 1. The van der Waals surface area contributed by atoms with Crippen LogP contribution in [0.25, 0.3) is 0 Å². The van der Waals surface area contributed by atoms with Crippen molar-refractivity contribution in [2.75, 3.05) is 26.8 Å². The van der Waals surface area contributed by atoms with E-state index in [-0.39, 0.29) is 5.54 Å². The SMILES string of the molecule is CN(Cc1ccoc1CNC(C)(C)C)CC1CCCOC1. The summed E-state index contributed by atoms with van der Waals surface area (Å²) < 4.78 is 11.2. The maximum atomic E-state index is 5.64. The van der Waals surface area contributed by atoms with E-state index in [4.69, 9.17) is 9.15 Å². The molecule has 21 heavy (non-hydrogen) atoms. The van der Waals surface area contributed by atoms with Crippen LogP contribution in [-0.4, -0.2) is 37.2 Å². The van der Waals surface area contributed by atoms with Gasteiger partial charge in [-0.05, 0) is 52.6 Å². The summed E-state index contributed by atoms with van der Waals surface area (Å²) >= 11 is 0. The third-order valence-corrected chi connectivity index (χ3v) is 3.88. The summed E-state index contributed by atoms with van der Waals surface area (Å²) in [5.74, 6) is 1.73. The Morgan fingerprint density at radius 3 is 2.86 bits per heavy atom. The summed E-state index contributed by atoms with van der Waals surface area (Å²) in [5.41, 5.74) is 1.39. The Morgan fingerprint density at radius 1 is 1.38 bits per heavy atom. The van der Waals surface area contributed by atoms with Crippen LogP contribution in [0.5, 0.6) is 0 Å². The number of hydrogen-bond acceptors (Lipinski definition) is 4. The average Bonchev–Trinajstić information content (AvgIpc) is 2.84. The summed E-state index contributed by atoms with van der Waals surface area (Å²) in [4.78, 5) is 2.38. The quantitative estimate of drug-likeness (QED) is 0.875. The molecular formula is C17H30N2O2. The lowest BCUT2D eigenvalue weighted by atomic mass is 10.0. The fourth-order valence-electron chi connectivity index (χ4n) is 2.76. The smallest absolute Gasteiger partial charge is 0.122 e. The number of nitrogens with one attached hydrogen (secondary N) is 1. The molecule has 1 atom stereocenters. The molecule has 0 saturated carbocycles. The van der Waals surface area contributed by atoms with Crippen LogP contribution in [0.4, 0.5) is 0 Å². The monoisotopic (exact) mass is 294 g/mol. The highest BCUT2D eigenvalue weighted by Gasteiger charge is 2.18. The Kier molecular flexibility index (Phi) is 5.85. The van der Waals surface area contributed by atoms with Crippen molar-refractivity contribution in [1.29, 1.82) is 0 Å². The third-order valence-electron chi connectivity index (χ3n) is 3.88. The maximum absolute atomic E-state index is 5.64. The second kappa shape index (κ2) is 7.43. The summed E-state index contributed by atoms with van der Waals surface area (Å²) in [6.07, 6.45) is 4.28. The molecule has 1 aliphatic rings. The van der Waals surface area contributed by atoms with E-state index in [1.54, 1.807) is 6.26 Å². The van der Waals surface area contributed by atoms with Crippen molar-refractivity contribution in [3.05, 3.63) is 23.7 Å². The summed E-state index contributed by atoms with van der Waals surface area (Å²) in [6, 6.07) is 2.09. The summed E-state index contributed by atoms with van der Waals surface area (Å²) in [6.45, 7) is 11.2. The molecule has 2 rings (SSSR count). The largest absolute Gasteiger partial charge is 0.468 e. The Morgan fingerprint density at radius 2 is 2.19 bits per heavy atom.